The summed E-state index contributed by atoms with van der Waals surface area (Å²) in [6.07, 6.45) is 1.22. The number of ether oxygens (including phenoxy) is 1. The molecule has 144 valence electrons. The highest BCUT2D eigenvalue weighted by Gasteiger charge is 2.53. The summed E-state index contributed by atoms with van der Waals surface area (Å²) in [5, 5.41) is 0. The number of thioether (sulfide) groups is 1. The Morgan fingerprint density at radius 3 is 3.04 bits per heavy atom. The molecule has 5 rings (SSSR count). The number of amides is 1. The van der Waals surface area contributed by atoms with Crippen LogP contribution in [-0.4, -0.2) is 42.8 Å². The summed E-state index contributed by atoms with van der Waals surface area (Å²) in [6.45, 7) is 1.91. The largest absolute Gasteiger partial charge is 0.458 e. The van der Waals surface area contributed by atoms with Crippen LogP contribution in [-0.2, 0) is 20.9 Å². The number of thiazole rings is 1. The van der Waals surface area contributed by atoms with Gasteiger partial charge < -0.3 is 9.64 Å². The lowest BCUT2D eigenvalue weighted by Crippen LogP contribution is -2.46. The predicted octanol–water partition coefficient (Wildman–Crippen LogP) is 2.41. The summed E-state index contributed by atoms with van der Waals surface area (Å²) in [5.74, 6) is 0.0919. The van der Waals surface area contributed by atoms with E-state index in [2.05, 4.69) is 4.98 Å². The monoisotopic (exact) mass is 415 g/mol. The number of fused-ring (bicyclic) bond motifs is 4. The number of hydrogen-bond acceptors (Lipinski definition) is 7. The van der Waals surface area contributed by atoms with Crippen LogP contribution in [0.2, 0.25) is 0 Å². The third-order valence-corrected chi connectivity index (χ3v) is 7.85. The number of hydrogen-bond donors (Lipinski definition) is 0. The average Bonchev–Trinajstić information content (AvgIpc) is 3.30. The number of rotatable bonds is 3. The number of benzene rings is 1. The third kappa shape index (κ3) is 2.64. The van der Waals surface area contributed by atoms with Gasteiger partial charge in [0, 0.05) is 18.2 Å². The molecule has 0 saturated carbocycles. The van der Waals surface area contributed by atoms with Gasteiger partial charge in [-0.05, 0) is 25.5 Å². The van der Waals surface area contributed by atoms with Gasteiger partial charge in [-0.3, -0.25) is 14.0 Å². The van der Waals surface area contributed by atoms with Gasteiger partial charge in [0.1, 0.15) is 12.6 Å². The lowest BCUT2D eigenvalue weighted by molar-refractivity contribution is -0.154. The molecule has 2 fully saturated rings. The Morgan fingerprint density at radius 2 is 2.18 bits per heavy atom. The van der Waals surface area contributed by atoms with Crippen LogP contribution in [0.3, 0.4) is 0 Å². The van der Waals surface area contributed by atoms with E-state index >= 15 is 0 Å². The van der Waals surface area contributed by atoms with Crippen molar-refractivity contribution in [1.82, 2.24) is 14.3 Å². The van der Waals surface area contributed by atoms with Crippen molar-refractivity contribution in [3.63, 3.8) is 0 Å². The molecular weight excluding hydrogens is 398 g/mol. The fourth-order valence-electron chi connectivity index (χ4n) is 3.93. The molecule has 2 aromatic heterocycles. The number of nitrogens with zero attached hydrogens (tertiary/aromatic N) is 3. The van der Waals surface area contributed by atoms with E-state index in [0.29, 0.717) is 22.8 Å². The SMILES string of the molecule is C[C@@]12CCC(=O)N1[C@H](C(=O)OCc1cc(=O)n3c(n1)sc1ccccc13)CS2. The van der Waals surface area contributed by atoms with Crippen molar-refractivity contribution in [2.24, 2.45) is 0 Å². The van der Waals surface area contributed by atoms with Crippen molar-refractivity contribution in [2.45, 2.75) is 37.3 Å². The topological polar surface area (TPSA) is 81.0 Å². The molecule has 0 bridgehead atoms. The second-order valence-electron chi connectivity index (χ2n) is 7.15. The number of carbonyl (C=O) groups is 2. The Kier molecular flexibility index (Phi) is 3.99. The number of para-hydroxylation sites is 1. The molecule has 2 aliphatic heterocycles. The Bertz CT molecular complexity index is 1190. The molecule has 4 heterocycles. The minimum Gasteiger partial charge on any atom is -0.458 e. The summed E-state index contributed by atoms with van der Waals surface area (Å²) in [6, 6.07) is 8.44. The van der Waals surface area contributed by atoms with Gasteiger partial charge >= 0.3 is 5.97 Å². The second-order valence-corrected chi connectivity index (χ2v) is 9.66. The Labute approximate surface area is 168 Å². The zero-order chi connectivity index (χ0) is 19.5. The summed E-state index contributed by atoms with van der Waals surface area (Å²) < 4.78 is 7.97. The quantitative estimate of drug-likeness (QED) is 0.611. The van der Waals surface area contributed by atoms with Crippen molar-refractivity contribution in [2.75, 3.05) is 5.75 Å². The molecule has 0 N–H and O–H groups in total. The van der Waals surface area contributed by atoms with Gasteiger partial charge in [-0.15, -0.1) is 11.8 Å². The lowest BCUT2D eigenvalue weighted by Gasteiger charge is -2.29. The van der Waals surface area contributed by atoms with Crippen molar-refractivity contribution in [3.05, 3.63) is 46.4 Å². The van der Waals surface area contributed by atoms with E-state index in [1.54, 1.807) is 21.1 Å². The fourth-order valence-corrected chi connectivity index (χ4v) is 6.40. The van der Waals surface area contributed by atoms with Crippen LogP contribution < -0.4 is 5.56 Å². The van der Waals surface area contributed by atoms with Crippen LogP contribution in [0.1, 0.15) is 25.5 Å². The molecule has 2 atom stereocenters. The van der Waals surface area contributed by atoms with E-state index in [4.69, 9.17) is 4.74 Å². The zero-order valence-corrected chi connectivity index (χ0v) is 16.7. The Morgan fingerprint density at radius 1 is 1.36 bits per heavy atom. The zero-order valence-electron chi connectivity index (χ0n) is 15.1. The van der Waals surface area contributed by atoms with Crippen LogP contribution in [0.15, 0.2) is 35.1 Å². The maximum absolute atomic E-state index is 12.6. The highest BCUT2D eigenvalue weighted by Crippen LogP contribution is 2.47. The van der Waals surface area contributed by atoms with Crippen LogP contribution >= 0.6 is 23.1 Å². The molecule has 1 amide bonds. The van der Waals surface area contributed by atoms with E-state index in [-0.39, 0.29) is 22.9 Å². The molecule has 28 heavy (non-hydrogen) atoms. The smallest absolute Gasteiger partial charge is 0.330 e. The molecule has 2 saturated heterocycles. The predicted molar refractivity (Wildman–Crippen MR) is 107 cm³/mol. The molecule has 0 unspecified atom stereocenters. The molecule has 2 aliphatic rings. The molecule has 0 aliphatic carbocycles. The van der Waals surface area contributed by atoms with Crippen LogP contribution in [0.5, 0.6) is 0 Å². The first-order valence-electron chi connectivity index (χ1n) is 8.99. The molecule has 7 nitrogen and oxygen atoms in total. The summed E-state index contributed by atoms with van der Waals surface area (Å²) in [5.41, 5.74) is 1.02. The van der Waals surface area contributed by atoms with Crippen LogP contribution in [0.4, 0.5) is 0 Å². The first-order chi connectivity index (χ1) is 13.5. The normalized spacial score (nSPS) is 24.2. The molecule has 0 spiro atoms. The molecule has 0 radical (unpaired) electrons. The second kappa shape index (κ2) is 6.31. The first kappa shape index (κ1) is 17.7. The summed E-state index contributed by atoms with van der Waals surface area (Å²) >= 11 is 3.04. The number of esters is 1. The first-order valence-corrected chi connectivity index (χ1v) is 10.8. The maximum Gasteiger partial charge on any atom is 0.330 e. The van der Waals surface area contributed by atoms with Crippen molar-refractivity contribution >= 4 is 50.2 Å². The van der Waals surface area contributed by atoms with Crippen molar-refractivity contribution in [1.29, 1.82) is 0 Å². The molecule has 3 aromatic rings. The van der Waals surface area contributed by atoms with Gasteiger partial charge in [-0.25, -0.2) is 9.78 Å². The average molecular weight is 415 g/mol. The van der Waals surface area contributed by atoms with Gasteiger partial charge in [0.2, 0.25) is 5.91 Å². The Hall–Kier alpha value is -2.39. The van der Waals surface area contributed by atoms with Crippen molar-refractivity contribution < 1.29 is 14.3 Å². The van der Waals surface area contributed by atoms with Gasteiger partial charge in [-0.2, -0.15) is 0 Å². The number of aromatic nitrogens is 2. The minimum atomic E-state index is -0.570. The number of carbonyl (C=O) groups excluding carboxylic acids is 2. The Balaban J connectivity index is 1.37. The molecular formula is C19H17N3O4S2. The molecule has 9 heteroatoms. The third-order valence-electron chi connectivity index (χ3n) is 5.33. The van der Waals surface area contributed by atoms with Gasteiger partial charge in [-0.1, -0.05) is 23.5 Å². The summed E-state index contributed by atoms with van der Waals surface area (Å²) in [4.78, 5) is 43.7. The van der Waals surface area contributed by atoms with Gasteiger partial charge in [0.05, 0.1) is 20.8 Å². The fraction of sp³-hybridized carbons (Fsp3) is 0.368. The standard InChI is InChI=1S/C19H17N3O4S2/c1-19-7-6-15(23)22(19)13(10-27-19)17(25)26-9-11-8-16(24)21-12-4-2-3-5-14(12)28-18(21)20-11/h2-5,8,13H,6-7,9-10H2,1H3/t13-,19+/m0/s1. The van der Waals surface area contributed by atoms with Crippen LogP contribution in [0.25, 0.3) is 15.2 Å². The van der Waals surface area contributed by atoms with E-state index in [1.165, 1.54) is 17.4 Å². The highest BCUT2D eigenvalue weighted by atomic mass is 32.2. The van der Waals surface area contributed by atoms with Crippen LogP contribution in [0, 0.1) is 0 Å². The van der Waals surface area contributed by atoms with E-state index in [9.17, 15) is 14.4 Å². The van der Waals surface area contributed by atoms with Crippen molar-refractivity contribution in [3.8, 4) is 0 Å². The van der Waals surface area contributed by atoms with E-state index in [0.717, 1.165) is 16.6 Å². The lowest BCUT2D eigenvalue weighted by atomic mass is 10.2. The van der Waals surface area contributed by atoms with Gasteiger partial charge in [0.15, 0.2) is 4.96 Å². The van der Waals surface area contributed by atoms with E-state index in [1.807, 2.05) is 31.2 Å². The maximum atomic E-state index is 12.6. The highest BCUT2D eigenvalue weighted by molar-refractivity contribution is 8.01. The molecule has 1 aromatic carbocycles. The minimum absolute atomic E-state index is 0.00230. The summed E-state index contributed by atoms with van der Waals surface area (Å²) in [7, 11) is 0. The van der Waals surface area contributed by atoms with Gasteiger partial charge in [0.25, 0.3) is 5.56 Å². The van der Waals surface area contributed by atoms with E-state index < -0.39 is 12.0 Å².